The van der Waals surface area contributed by atoms with Gasteiger partial charge in [0.1, 0.15) is 17.4 Å². The maximum absolute atomic E-state index is 13.9. The number of aromatic amines is 1. The second kappa shape index (κ2) is 6.33. The Kier molecular flexibility index (Phi) is 4.52. The first kappa shape index (κ1) is 13.5. The molecule has 2 aromatic rings. The molecule has 1 heterocycles. The molecule has 5 heteroatoms. The van der Waals surface area contributed by atoms with E-state index in [4.69, 9.17) is 10.5 Å². The fourth-order valence-corrected chi connectivity index (χ4v) is 1.99. The van der Waals surface area contributed by atoms with Crippen molar-refractivity contribution < 1.29 is 9.13 Å². The molecule has 0 aliphatic carbocycles. The molecule has 0 unspecified atom stereocenters. The zero-order chi connectivity index (χ0) is 13.7. The van der Waals surface area contributed by atoms with Gasteiger partial charge in [0.05, 0.1) is 24.6 Å². The Morgan fingerprint density at radius 2 is 2.21 bits per heavy atom. The van der Waals surface area contributed by atoms with Gasteiger partial charge in [-0.25, -0.2) is 9.37 Å². The molecule has 2 rings (SSSR count). The number of hydrogen-bond acceptors (Lipinski definition) is 3. The standard InChI is InChI=1S/C14H18FN3O/c1-19-12-6-4-5-10(15)14(12)11-9-17-13(18-11)7-2-3-8-16/h4-6,9H,2-3,7-8,16H2,1H3,(H,17,18). The molecule has 0 saturated heterocycles. The minimum atomic E-state index is -0.323. The first-order chi connectivity index (χ1) is 9.26. The molecule has 0 fully saturated rings. The molecule has 4 nitrogen and oxygen atoms in total. The van der Waals surface area contributed by atoms with Crippen LogP contribution in [0.5, 0.6) is 5.75 Å². The molecular formula is C14H18FN3O. The summed E-state index contributed by atoms with van der Waals surface area (Å²) >= 11 is 0. The maximum atomic E-state index is 13.9. The second-order valence-corrected chi connectivity index (χ2v) is 4.31. The van der Waals surface area contributed by atoms with Crippen LogP contribution in [0.2, 0.25) is 0 Å². The van der Waals surface area contributed by atoms with E-state index in [1.807, 2.05) is 0 Å². The molecule has 19 heavy (non-hydrogen) atoms. The Morgan fingerprint density at radius 1 is 1.37 bits per heavy atom. The molecule has 1 aromatic heterocycles. The van der Waals surface area contributed by atoms with Crippen LogP contribution in [0.15, 0.2) is 24.4 Å². The summed E-state index contributed by atoms with van der Waals surface area (Å²) in [5.74, 6) is 1.02. The Balaban J connectivity index is 2.23. The van der Waals surface area contributed by atoms with Gasteiger partial charge in [-0.15, -0.1) is 0 Å². The molecule has 1 aromatic carbocycles. The Hall–Kier alpha value is -1.88. The molecule has 102 valence electrons. The van der Waals surface area contributed by atoms with Crippen LogP contribution in [0, 0.1) is 5.82 Å². The topological polar surface area (TPSA) is 63.9 Å². The molecule has 0 amide bonds. The van der Waals surface area contributed by atoms with Crippen molar-refractivity contribution in [2.75, 3.05) is 13.7 Å². The fraction of sp³-hybridized carbons (Fsp3) is 0.357. The maximum Gasteiger partial charge on any atom is 0.136 e. The third-order valence-corrected chi connectivity index (χ3v) is 2.96. The lowest BCUT2D eigenvalue weighted by Crippen LogP contribution is -1.99. The van der Waals surface area contributed by atoms with Gasteiger partial charge in [0, 0.05) is 6.42 Å². The number of hydrogen-bond donors (Lipinski definition) is 2. The lowest BCUT2D eigenvalue weighted by Gasteiger charge is -2.07. The summed E-state index contributed by atoms with van der Waals surface area (Å²) < 4.78 is 19.1. The van der Waals surface area contributed by atoms with Crippen molar-refractivity contribution >= 4 is 0 Å². The van der Waals surface area contributed by atoms with Crippen LogP contribution in [0.3, 0.4) is 0 Å². The van der Waals surface area contributed by atoms with Crippen molar-refractivity contribution in [1.29, 1.82) is 0 Å². The third kappa shape index (κ3) is 3.12. The number of nitrogens with zero attached hydrogens (tertiary/aromatic N) is 1. The van der Waals surface area contributed by atoms with Crippen LogP contribution in [0.1, 0.15) is 18.7 Å². The summed E-state index contributed by atoms with van der Waals surface area (Å²) in [6.45, 7) is 0.675. The van der Waals surface area contributed by atoms with Crippen molar-refractivity contribution in [3.8, 4) is 17.0 Å². The van der Waals surface area contributed by atoms with Crippen LogP contribution in [-0.4, -0.2) is 23.6 Å². The van der Waals surface area contributed by atoms with Gasteiger partial charge in [-0.1, -0.05) is 6.07 Å². The highest BCUT2D eigenvalue weighted by Gasteiger charge is 2.13. The summed E-state index contributed by atoms with van der Waals surface area (Å²) in [5, 5.41) is 0. The Morgan fingerprint density at radius 3 is 2.95 bits per heavy atom. The van der Waals surface area contributed by atoms with Crippen molar-refractivity contribution in [3.05, 3.63) is 36.0 Å². The number of nitrogens with one attached hydrogen (secondary N) is 1. The number of unbranched alkanes of at least 4 members (excludes halogenated alkanes) is 1. The van der Waals surface area contributed by atoms with E-state index < -0.39 is 0 Å². The van der Waals surface area contributed by atoms with E-state index >= 15 is 0 Å². The Bertz CT molecular complexity index is 539. The molecule has 0 saturated carbocycles. The number of aromatic nitrogens is 2. The van der Waals surface area contributed by atoms with E-state index in [1.54, 1.807) is 18.3 Å². The van der Waals surface area contributed by atoms with Crippen molar-refractivity contribution in [3.63, 3.8) is 0 Å². The average Bonchev–Trinajstić information content (AvgIpc) is 2.87. The number of H-pyrrole nitrogens is 1. The van der Waals surface area contributed by atoms with Crippen LogP contribution in [0.25, 0.3) is 11.3 Å². The molecular weight excluding hydrogens is 245 g/mol. The molecule has 0 aliphatic rings. The van der Waals surface area contributed by atoms with Gasteiger partial charge < -0.3 is 15.5 Å². The van der Waals surface area contributed by atoms with E-state index in [2.05, 4.69) is 9.97 Å². The molecule has 0 atom stereocenters. The van der Waals surface area contributed by atoms with Gasteiger partial charge in [0.15, 0.2) is 0 Å². The van der Waals surface area contributed by atoms with E-state index in [0.717, 1.165) is 25.1 Å². The number of benzene rings is 1. The Labute approximate surface area is 111 Å². The zero-order valence-electron chi connectivity index (χ0n) is 10.9. The molecule has 0 aliphatic heterocycles. The SMILES string of the molecule is COc1cccc(F)c1-c1cnc(CCCCN)[nH]1. The first-order valence-electron chi connectivity index (χ1n) is 6.33. The van der Waals surface area contributed by atoms with Gasteiger partial charge in [-0.3, -0.25) is 0 Å². The highest BCUT2D eigenvalue weighted by atomic mass is 19.1. The van der Waals surface area contributed by atoms with Gasteiger partial charge in [0.2, 0.25) is 0 Å². The third-order valence-electron chi connectivity index (χ3n) is 2.96. The highest BCUT2D eigenvalue weighted by Crippen LogP contribution is 2.31. The van der Waals surface area contributed by atoms with Crippen LogP contribution in [0.4, 0.5) is 4.39 Å². The summed E-state index contributed by atoms with van der Waals surface area (Å²) in [6, 6.07) is 4.76. The average molecular weight is 263 g/mol. The van der Waals surface area contributed by atoms with E-state index in [0.29, 0.717) is 23.6 Å². The number of rotatable bonds is 6. The van der Waals surface area contributed by atoms with Gasteiger partial charge >= 0.3 is 0 Å². The monoisotopic (exact) mass is 263 g/mol. The van der Waals surface area contributed by atoms with Crippen LogP contribution in [-0.2, 0) is 6.42 Å². The highest BCUT2D eigenvalue weighted by molar-refractivity contribution is 5.67. The smallest absolute Gasteiger partial charge is 0.136 e. The second-order valence-electron chi connectivity index (χ2n) is 4.31. The minimum absolute atomic E-state index is 0.323. The molecule has 0 spiro atoms. The number of nitrogens with two attached hydrogens (primary N) is 1. The number of aryl methyl sites for hydroxylation is 1. The quantitative estimate of drug-likeness (QED) is 0.787. The van der Waals surface area contributed by atoms with E-state index in [1.165, 1.54) is 13.2 Å². The van der Waals surface area contributed by atoms with Gasteiger partial charge in [-0.2, -0.15) is 0 Å². The summed E-state index contributed by atoms with van der Waals surface area (Å²) in [5.41, 5.74) is 6.51. The largest absolute Gasteiger partial charge is 0.496 e. The number of imidazole rings is 1. The number of halogens is 1. The normalized spacial score (nSPS) is 10.7. The summed E-state index contributed by atoms with van der Waals surface area (Å²) in [7, 11) is 1.52. The number of methoxy groups -OCH3 is 1. The van der Waals surface area contributed by atoms with Gasteiger partial charge in [-0.05, 0) is 31.5 Å². The summed E-state index contributed by atoms with van der Waals surface area (Å²) in [4.78, 5) is 7.39. The predicted molar refractivity (Wildman–Crippen MR) is 72.5 cm³/mol. The van der Waals surface area contributed by atoms with E-state index in [-0.39, 0.29) is 5.82 Å². The van der Waals surface area contributed by atoms with E-state index in [9.17, 15) is 4.39 Å². The fourth-order valence-electron chi connectivity index (χ4n) is 1.99. The number of ether oxygens (including phenoxy) is 1. The van der Waals surface area contributed by atoms with Crippen molar-refractivity contribution in [2.45, 2.75) is 19.3 Å². The predicted octanol–water partition coefficient (Wildman–Crippen LogP) is 2.51. The zero-order valence-corrected chi connectivity index (χ0v) is 10.9. The van der Waals surface area contributed by atoms with Crippen LogP contribution < -0.4 is 10.5 Å². The molecule has 3 N–H and O–H groups in total. The lowest BCUT2D eigenvalue weighted by molar-refractivity contribution is 0.413. The summed E-state index contributed by atoms with van der Waals surface area (Å²) in [6.07, 6.45) is 4.38. The minimum Gasteiger partial charge on any atom is -0.496 e. The molecule has 0 bridgehead atoms. The van der Waals surface area contributed by atoms with Crippen molar-refractivity contribution in [1.82, 2.24) is 9.97 Å². The van der Waals surface area contributed by atoms with Gasteiger partial charge in [0.25, 0.3) is 0 Å². The van der Waals surface area contributed by atoms with Crippen molar-refractivity contribution in [2.24, 2.45) is 5.73 Å². The van der Waals surface area contributed by atoms with Crippen LogP contribution >= 0.6 is 0 Å². The lowest BCUT2D eigenvalue weighted by atomic mass is 10.1. The first-order valence-corrected chi connectivity index (χ1v) is 6.33. The molecule has 0 radical (unpaired) electrons.